The van der Waals surface area contributed by atoms with Crippen LogP contribution < -0.4 is 0 Å². The molecule has 160 valence electrons. The van der Waals surface area contributed by atoms with Gasteiger partial charge in [-0.2, -0.15) is 0 Å². The standard InChI is InChI=1S/C29H34N2/c1-25(2)13-12-20-31(24-28-18-10-5-11-19-28)29(21-26-14-6-3-7-15-26)23-30-22-27-16-8-4-9-17-27/h3-11,13-19,23,29H,12,20-22,24H2,1-2H3/t29-/m0/s1. The third-order valence-electron chi connectivity index (χ3n) is 5.35. The molecule has 0 aliphatic carbocycles. The molecule has 0 aliphatic rings. The van der Waals surface area contributed by atoms with Gasteiger partial charge < -0.3 is 0 Å². The highest BCUT2D eigenvalue weighted by atomic mass is 15.2. The molecule has 0 radical (unpaired) electrons. The lowest BCUT2D eigenvalue weighted by atomic mass is 10.0. The Morgan fingerprint density at radius 1 is 0.774 bits per heavy atom. The molecule has 0 N–H and O–H groups in total. The molecule has 0 saturated carbocycles. The fourth-order valence-electron chi connectivity index (χ4n) is 3.69. The van der Waals surface area contributed by atoms with Crippen molar-refractivity contribution >= 4 is 6.21 Å². The van der Waals surface area contributed by atoms with E-state index in [2.05, 4.69) is 122 Å². The van der Waals surface area contributed by atoms with E-state index in [-0.39, 0.29) is 6.04 Å². The number of hydrogen-bond acceptors (Lipinski definition) is 2. The molecule has 0 fully saturated rings. The summed E-state index contributed by atoms with van der Waals surface area (Å²) in [5.41, 5.74) is 5.31. The van der Waals surface area contributed by atoms with Gasteiger partial charge in [0.05, 0.1) is 6.54 Å². The summed E-state index contributed by atoms with van der Waals surface area (Å²) in [6.07, 6.45) is 6.51. The van der Waals surface area contributed by atoms with Crippen molar-refractivity contribution in [1.82, 2.24) is 4.90 Å². The van der Waals surface area contributed by atoms with Crippen LogP contribution in [0.3, 0.4) is 0 Å². The Bertz CT molecular complexity index is 926. The van der Waals surface area contributed by atoms with Crippen LogP contribution in [0.5, 0.6) is 0 Å². The maximum atomic E-state index is 4.86. The SMILES string of the molecule is CC(C)=CCCN(Cc1ccccc1)[C@H](C=NCc1ccccc1)Cc1ccccc1. The lowest BCUT2D eigenvalue weighted by molar-refractivity contribution is 0.238. The van der Waals surface area contributed by atoms with Gasteiger partial charge in [0.1, 0.15) is 0 Å². The van der Waals surface area contributed by atoms with E-state index in [1.54, 1.807) is 0 Å². The van der Waals surface area contributed by atoms with E-state index in [4.69, 9.17) is 4.99 Å². The zero-order valence-electron chi connectivity index (χ0n) is 18.8. The van der Waals surface area contributed by atoms with Crippen LogP contribution in [0.4, 0.5) is 0 Å². The van der Waals surface area contributed by atoms with Gasteiger partial charge in [-0.3, -0.25) is 9.89 Å². The topological polar surface area (TPSA) is 15.6 Å². The van der Waals surface area contributed by atoms with Crippen molar-refractivity contribution in [3.63, 3.8) is 0 Å². The minimum atomic E-state index is 0.247. The van der Waals surface area contributed by atoms with Crippen molar-refractivity contribution < 1.29 is 0 Å². The molecule has 3 aromatic carbocycles. The van der Waals surface area contributed by atoms with Crippen molar-refractivity contribution in [3.8, 4) is 0 Å². The van der Waals surface area contributed by atoms with Crippen LogP contribution in [0, 0.1) is 0 Å². The monoisotopic (exact) mass is 410 g/mol. The van der Waals surface area contributed by atoms with Gasteiger partial charge in [0.15, 0.2) is 0 Å². The summed E-state index contributed by atoms with van der Waals surface area (Å²) in [6, 6.07) is 32.3. The van der Waals surface area contributed by atoms with Crippen LogP contribution in [0.2, 0.25) is 0 Å². The molecule has 31 heavy (non-hydrogen) atoms. The van der Waals surface area contributed by atoms with Crippen molar-refractivity contribution in [1.29, 1.82) is 0 Å². The number of rotatable bonds is 11. The van der Waals surface area contributed by atoms with Gasteiger partial charge in [0.2, 0.25) is 0 Å². The maximum absolute atomic E-state index is 4.86. The van der Waals surface area contributed by atoms with Crippen LogP contribution in [0.15, 0.2) is 108 Å². The van der Waals surface area contributed by atoms with E-state index >= 15 is 0 Å². The molecule has 0 amide bonds. The van der Waals surface area contributed by atoms with E-state index in [1.807, 2.05) is 0 Å². The number of benzene rings is 3. The van der Waals surface area contributed by atoms with E-state index in [1.165, 1.54) is 22.3 Å². The average Bonchev–Trinajstić information content (AvgIpc) is 2.80. The van der Waals surface area contributed by atoms with Gasteiger partial charge in [-0.25, -0.2) is 0 Å². The van der Waals surface area contributed by atoms with Crippen molar-refractivity contribution in [2.45, 2.75) is 45.8 Å². The Kier molecular flexibility index (Phi) is 9.28. The predicted octanol–water partition coefficient (Wildman–Crippen LogP) is 6.73. The molecule has 2 nitrogen and oxygen atoms in total. The molecule has 0 heterocycles. The molecule has 0 unspecified atom stereocenters. The van der Waals surface area contributed by atoms with E-state index in [0.717, 1.165) is 32.5 Å². The zero-order valence-corrected chi connectivity index (χ0v) is 18.8. The Labute approximate surface area is 188 Å². The summed E-state index contributed by atoms with van der Waals surface area (Å²) >= 11 is 0. The highest BCUT2D eigenvalue weighted by molar-refractivity contribution is 5.65. The van der Waals surface area contributed by atoms with E-state index in [9.17, 15) is 0 Å². The molecule has 3 aromatic rings. The van der Waals surface area contributed by atoms with Crippen LogP contribution in [0.25, 0.3) is 0 Å². The Balaban J connectivity index is 1.81. The van der Waals surface area contributed by atoms with E-state index < -0.39 is 0 Å². The molecule has 2 heteroatoms. The number of nitrogens with zero attached hydrogens (tertiary/aromatic N) is 2. The first-order valence-electron chi connectivity index (χ1n) is 11.2. The van der Waals surface area contributed by atoms with Crippen molar-refractivity contribution in [2.24, 2.45) is 4.99 Å². The average molecular weight is 411 g/mol. The smallest absolute Gasteiger partial charge is 0.0636 e. The van der Waals surface area contributed by atoms with Crippen LogP contribution in [0.1, 0.15) is 37.0 Å². The van der Waals surface area contributed by atoms with Crippen LogP contribution in [-0.2, 0) is 19.5 Å². The predicted molar refractivity (Wildman–Crippen MR) is 133 cm³/mol. The number of hydrogen-bond donors (Lipinski definition) is 0. The largest absolute Gasteiger partial charge is 0.291 e. The van der Waals surface area contributed by atoms with Crippen LogP contribution >= 0.6 is 0 Å². The van der Waals surface area contributed by atoms with E-state index in [0.29, 0.717) is 0 Å². The van der Waals surface area contributed by atoms with Gasteiger partial charge >= 0.3 is 0 Å². The minimum Gasteiger partial charge on any atom is -0.291 e. The first-order chi connectivity index (χ1) is 15.2. The zero-order chi connectivity index (χ0) is 21.7. The summed E-state index contributed by atoms with van der Waals surface area (Å²) in [6.45, 7) is 7.00. The van der Waals surface area contributed by atoms with Crippen molar-refractivity contribution in [2.75, 3.05) is 6.54 Å². The lowest BCUT2D eigenvalue weighted by Crippen LogP contribution is -2.38. The summed E-state index contributed by atoms with van der Waals surface area (Å²) < 4.78 is 0. The molecule has 1 atom stereocenters. The van der Waals surface area contributed by atoms with Gasteiger partial charge in [0.25, 0.3) is 0 Å². The number of allylic oxidation sites excluding steroid dienone is 1. The maximum Gasteiger partial charge on any atom is 0.0636 e. The molecule has 0 saturated heterocycles. The third kappa shape index (κ3) is 8.35. The first-order valence-corrected chi connectivity index (χ1v) is 11.2. The molecule has 0 aromatic heterocycles. The minimum absolute atomic E-state index is 0.247. The molecular weight excluding hydrogens is 376 g/mol. The quantitative estimate of drug-likeness (QED) is 0.253. The Morgan fingerprint density at radius 3 is 1.90 bits per heavy atom. The fraction of sp³-hybridized carbons (Fsp3) is 0.276. The molecule has 0 bridgehead atoms. The molecular formula is C29H34N2. The summed E-state index contributed by atoms with van der Waals surface area (Å²) in [4.78, 5) is 7.43. The first kappa shape index (κ1) is 22.7. The fourth-order valence-corrected chi connectivity index (χ4v) is 3.69. The highest BCUT2D eigenvalue weighted by Gasteiger charge is 2.17. The summed E-state index contributed by atoms with van der Waals surface area (Å²) in [7, 11) is 0. The summed E-state index contributed by atoms with van der Waals surface area (Å²) in [5.74, 6) is 0. The Hall–Kier alpha value is -2.97. The molecule has 3 rings (SSSR count). The van der Waals surface area contributed by atoms with Crippen LogP contribution in [-0.4, -0.2) is 23.7 Å². The lowest BCUT2D eigenvalue weighted by Gasteiger charge is -2.29. The molecule has 0 spiro atoms. The Morgan fingerprint density at radius 2 is 1.32 bits per heavy atom. The second-order valence-electron chi connectivity index (χ2n) is 8.26. The summed E-state index contributed by atoms with van der Waals surface area (Å²) in [5, 5.41) is 0. The third-order valence-corrected chi connectivity index (χ3v) is 5.35. The molecule has 0 aliphatic heterocycles. The number of aliphatic imine (C=N–C) groups is 1. The van der Waals surface area contributed by atoms with Gasteiger partial charge in [-0.15, -0.1) is 0 Å². The van der Waals surface area contributed by atoms with Gasteiger partial charge in [0, 0.05) is 25.3 Å². The normalized spacial score (nSPS) is 12.2. The van der Waals surface area contributed by atoms with Gasteiger partial charge in [-0.1, -0.05) is 103 Å². The second-order valence-corrected chi connectivity index (χ2v) is 8.26. The van der Waals surface area contributed by atoms with Crippen molar-refractivity contribution in [3.05, 3.63) is 119 Å². The second kappa shape index (κ2) is 12.7. The van der Waals surface area contributed by atoms with Gasteiger partial charge in [-0.05, 0) is 43.4 Å². The highest BCUT2D eigenvalue weighted by Crippen LogP contribution is 2.14.